The first kappa shape index (κ1) is 23.2. The molecular weight excluding hydrogens is 446 g/mol. The van der Waals surface area contributed by atoms with Crippen LogP contribution in [-0.2, 0) is 6.18 Å². The molecule has 1 fully saturated rings. The predicted molar refractivity (Wildman–Crippen MR) is 133 cm³/mol. The second-order valence-corrected chi connectivity index (χ2v) is 12.5. The predicted octanol–water partition coefficient (Wildman–Crippen LogP) is 4.90. The second kappa shape index (κ2) is 9.10. The number of rotatable bonds is 5. The molecule has 0 unspecified atom stereocenters. The van der Waals surface area contributed by atoms with Gasteiger partial charge in [-0.3, -0.25) is 0 Å². The molecule has 0 radical (unpaired) electrons. The van der Waals surface area contributed by atoms with Crippen molar-refractivity contribution in [3.8, 4) is 0 Å². The van der Waals surface area contributed by atoms with Crippen LogP contribution in [0, 0.1) is 0 Å². The summed E-state index contributed by atoms with van der Waals surface area (Å²) >= 11 is 0. The Morgan fingerprint density at radius 3 is 2.09 bits per heavy atom. The third-order valence-electron chi connectivity index (χ3n) is 5.60. The Labute approximate surface area is 192 Å². The SMILES string of the molecule is C=P(C)(C)c1ccc(Nc2ncc(C(F)(F)F)c(N3CCN(c4ccccc4)CC3)n2)cc1. The van der Waals surface area contributed by atoms with Crippen molar-refractivity contribution in [3.05, 3.63) is 66.4 Å². The highest BCUT2D eigenvalue weighted by atomic mass is 31.2. The highest BCUT2D eigenvalue weighted by molar-refractivity contribution is 7.79. The van der Waals surface area contributed by atoms with Gasteiger partial charge in [-0.1, -0.05) is 43.5 Å². The van der Waals surface area contributed by atoms with Gasteiger partial charge in [-0.25, -0.2) is 4.98 Å². The smallest absolute Gasteiger partial charge is 0.368 e. The largest absolute Gasteiger partial charge is 0.421 e. The third kappa shape index (κ3) is 5.50. The van der Waals surface area contributed by atoms with E-state index in [0.29, 0.717) is 31.9 Å². The lowest BCUT2D eigenvalue weighted by Crippen LogP contribution is -2.47. The number of hydrogen-bond donors (Lipinski definition) is 1. The van der Waals surface area contributed by atoms with Crippen LogP contribution >= 0.6 is 6.89 Å². The summed E-state index contributed by atoms with van der Waals surface area (Å²) in [7, 11) is 0. The Morgan fingerprint density at radius 1 is 0.909 bits per heavy atom. The number of hydrogen-bond acceptors (Lipinski definition) is 5. The molecule has 9 heteroatoms. The number of alkyl halides is 3. The molecule has 1 saturated heterocycles. The van der Waals surface area contributed by atoms with Gasteiger partial charge in [0, 0.05) is 43.8 Å². The van der Waals surface area contributed by atoms with Gasteiger partial charge in [-0.05, 0) is 42.9 Å². The van der Waals surface area contributed by atoms with Crippen molar-refractivity contribution in [2.45, 2.75) is 6.18 Å². The standard InChI is InChI=1S/C24H27F3N5P/c1-33(2,3)20-11-9-18(10-12-20)29-23-28-17-21(24(25,26)27)22(30-23)32-15-13-31(14-16-32)19-7-5-4-6-8-19/h4-12,17H,1,13-16H2,2-3H3,(H,28,29,30). The average Bonchev–Trinajstić information content (AvgIpc) is 2.79. The zero-order valence-electron chi connectivity index (χ0n) is 18.7. The molecule has 4 rings (SSSR count). The van der Waals surface area contributed by atoms with Crippen LogP contribution in [0.1, 0.15) is 5.56 Å². The Hall–Kier alpha value is -2.99. The summed E-state index contributed by atoms with van der Waals surface area (Å²) in [5.74, 6) is 0.0501. The summed E-state index contributed by atoms with van der Waals surface area (Å²) in [5.41, 5.74) is 0.960. The number of piperazine rings is 1. The molecule has 2 aromatic carbocycles. The summed E-state index contributed by atoms with van der Waals surface area (Å²) in [5, 5.41) is 4.21. The molecular formula is C24H27F3N5P. The number of aromatic nitrogens is 2. The van der Waals surface area contributed by atoms with E-state index in [2.05, 4.69) is 39.8 Å². The van der Waals surface area contributed by atoms with E-state index in [1.54, 1.807) is 4.90 Å². The van der Waals surface area contributed by atoms with Crippen LogP contribution in [-0.4, -0.2) is 55.8 Å². The van der Waals surface area contributed by atoms with Gasteiger partial charge in [0.2, 0.25) is 5.95 Å². The van der Waals surface area contributed by atoms with E-state index in [-0.39, 0.29) is 11.8 Å². The lowest BCUT2D eigenvalue weighted by Gasteiger charge is -2.37. The molecule has 0 saturated carbocycles. The van der Waals surface area contributed by atoms with Gasteiger partial charge in [0.05, 0.1) is 0 Å². The molecule has 174 valence electrons. The van der Waals surface area contributed by atoms with Crippen molar-refractivity contribution in [2.75, 3.05) is 54.6 Å². The molecule has 0 atom stereocenters. The molecule has 2 heterocycles. The van der Waals surface area contributed by atoms with Crippen LogP contribution in [0.15, 0.2) is 60.8 Å². The summed E-state index contributed by atoms with van der Waals surface area (Å²) in [6.07, 6.45) is 0.562. The maximum atomic E-state index is 13.7. The van der Waals surface area contributed by atoms with Gasteiger partial charge < -0.3 is 15.1 Å². The number of halogens is 3. The summed E-state index contributed by atoms with van der Waals surface area (Å²) in [4.78, 5) is 12.1. The quantitative estimate of drug-likeness (QED) is 0.534. The number of anilines is 4. The molecule has 0 bridgehead atoms. The molecule has 3 aromatic rings. The van der Waals surface area contributed by atoms with Crippen molar-refractivity contribution < 1.29 is 13.2 Å². The van der Waals surface area contributed by atoms with Gasteiger partial charge in [-0.15, -0.1) is 0 Å². The molecule has 1 aromatic heterocycles. The molecule has 1 N–H and O–H groups in total. The van der Waals surface area contributed by atoms with Crippen molar-refractivity contribution >= 4 is 41.6 Å². The zero-order valence-corrected chi connectivity index (χ0v) is 19.6. The topological polar surface area (TPSA) is 44.3 Å². The molecule has 5 nitrogen and oxygen atoms in total. The van der Waals surface area contributed by atoms with Gasteiger partial charge in [0.15, 0.2) is 0 Å². The van der Waals surface area contributed by atoms with Crippen molar-refractivity contribution in [1.29, 1.82) is 0 Å². The molecule has 33 heavy (non-hydrogen) atoms. The Balaban J connectivity index is 1.55. The second-order valence-electron chi connectivity index (χ2n) is 8.60. The van der Waals surface area contributed by atoms with Gasteiger partial charge in [-0.2, -0.15) is 18.2 Å². The number of para-hydroxylation sites is 1. The molecule has 1 aliphatic heterocycles. The van der Waals surface area contributed by atoms with Crippen molar-refractivity contribution in [1.82, 2.24) is 9.97 Å². The first-order valence-electron chi connectivity index (χ1n) is 10.7. The molecule has 0 spiro atoms. The van der Waals surface area contributed by atoms with Crippen molar-refractivity contribution in [3.63, 3.8) is 0 Å². The van der Waals surface area contributed by atoms with Gasteiger partial charge in [0.25, 0.3) is 0 Å². The van der Waals surface area contributed by atoms with Crippen LogP contribution in [0.25, 0.3) is 0 Å². The first-order valence-corrected chi connectivity index (χ1v) is 13.5. The van der Waals surface area contributed by atoms with E-state index in [9.17, 15) is 13.2 Å². The fraction of sp³-hybridized carbons (Fsp3) is 0.292. The Kier molecular flexibility index (Phi) is 6.39. The zero-order chi connectivity index (χ0) is 23.6. The van der Waals surface area contributed by atoms with Crippen LogP contribution in [0.3, 0.4) is 0 Å². The molecule has 0 aliphatic carbocycles. The number of benzene rings is 2. The monoisotopic (exact) mass is 473 g/mol. The normalized spacial score (nSPS) is 14.9. The molecule has 0 amide bonds. The van der Waals surface area contributed by atoms with E-state index < -0.39 is 18.6 Å². The van der Waals surface area contributed by atoms with Crippen LogP contribution < -0.4 is 20.4 Å². The maximum Gasteiger partial charge on any atom is 0.421 e. The lowest BCUT2D eigenvalue weighted by molar-refractivity contribution is -0.137. The van der Waals surface area contributed by atoms with Crippen LogP contribution in [0.4, 0.5) is 36.3 Å². The Morgan fingerprint density at radius 2 is 1.52 bits per heavy atom. The van der Waals surface area contributed by atoms with E-state index in [1.807, 2.05) is 54.6 Å². The van der Waals surface area contributed by atoms with Gasteiger partial charge in [0.1, 0.15) is 11.4 Å². The maximum absolute atomic E-state index is 13.7. The van der Waals surface area contributed by atoms with E-state index in [4.69, 9.17) is 0 Å². The van der Waals surface area contributed by atoms with E-state index in [1.165, 1.54) is 5.30 Å². The van der Waals surface area contributed by atoms with E-state index in [0.717, 1.165) is 11.9 Å². The minimum absolute atomic E-state index is 0.0888. The average molecular weight is 473 g/mol. The highest BCUT2D eigenvalue weighted by Gasteiger charge is 2.37. The van der Waals surface area contributed by atoms with Crippen LogP contribution in [0.5, 0.6) is 0 Å². The lowest BCUT2D eigenvalue weighted by atomic mass is 10.2. The minimum Gasteiger partial charge on any atom is -0.368 e. The highest BCUT2D eigenvalue weighted by Crippen LogP contribution is 2.37. The first-order chi connectivity index (χ1) is 15.6. The Bertz CT molecular complexity index is 1140. The number of nitrogens with zero attached hydrogens (tertiary/aromatic N) is 4. The third-order valence-corrected chi connectivity index (χ3v) is 7.29. The minimum atomic E-state index is -4.53. The summed E-state index contributed by atoms with van der Waals surface area (Å²) < 4.78 is 41.2. The summed E-state index contributed by atoms with van der Waals surface area (Å²) in [6.45, 7) is 4.95. The number of nitrogens with one attached hydrogen (secondary N) is 1. The summed E-state index contributed by atoms with van der Waals surface area (Å²) in [6, 6.07) is 17.6. The van der Waals surface area contributed by atoms with Gasteiger partial charge >= 0.3 is 6.18 Å². The van der Waals surface area contributed by atoms with Crippen molar-refractivity contribution in [2.24, 2.45) is 0 Å². The van der Waals surface area contributed by atoms with E-state index >= 15 is 0 Å². The molecule has 1 aliphatic rings. The fourth-order valence-electron chi connectivity index (χ4n) is 3.77. The fourth-order valence-corrected chi connectivity index (χ4v) is 4.72. The van der Waals surface area contributed by atoms with Crippen LogP contribution in [0.2, 0.25) is 0 Å².